The van der Waals surface area contributed by atoms with Gasteiger partial charge in [-0.1, -0.05) is 0 Å². The molecule has 4 unspecified atom stereocenters. The summed E-state index contributed by atoms with van der Waals surface area (Å²) in [6.07, 6.45) is -3.51. The third-order valence-corrected chi connectivity index (χ3v) is 3.92. The number of imidazole rings is 1. The lowest BCUT2D eigenvalue weighted by atomic mass is 10.1. The predicted octanol–water partition coefficient (Wildman–Crippen LogP) is -1.68. The van der Waals surface area contributed by atoms with E-state index in [0.717, 1.165) is 6.33 Å². The van der Waals surface area contributed by atoms with Gasteiger partial charge in [-0.2, -0.15) is 4.73 Å². The Morgan fingerprint density at radius 3 is 2.71 bits per heavy atom. The number of aromatic nitrogens is 4. The van der Waals surface area contributed by atoms with Crippen molar-refractivity contribution in [1.82, 2.24) is 19.3 Å². The van der Waals surface area contributed by atoms with Crippen LogP contribution in [0.25, 0.3) is 11.2 Å². The standard InChI is InChI=1S/C10H12BrN5O5/c11-10-14-4-7(12)15(20)2-13-8(4)16(10)9-6(19)5(18)3(1-17)21-9/h2-3,5-6,9,12,17-20H,1H2. The lowest BCUT2D eigenvalue weighted by Gasteiger charge is -2.17. The van der Waals surface area contributed by atoms with E-state index in [1.54, 1.807) is 0 Å². The van der Waals surface area contributed by atoms with Crippen molar-refractivity contribution >= 4 is 27.1 Å². The van der Waals surface area contributed by atoms with Gasteiger partial charge in [-0.05, 0) is 15.9 Å². The number of nitrogens with zero attached hydrogens (tertiary/aromatic N) is 4. The van der Waals surface area contributed by atoms with E-state index in [1.165, 1.54) is 4.57 Å². The van der Waals surface area contributed by atoms with Gasteiger partial charge in [0.15, 0.2) is 27.6 Å². The van der Waals surface area contributed by atoms with E-state index in [-0.39, 0.29) is 21.4 Å². The Bertz CT molecular complexity index is 745. The minimum atomic E-state index is -1.30. The molecular weight excluding hydrogens is 350 g/mol. The van der Waals surface area contributed by atoms with Gasteiger partial charge in [-0.3, -0.25) is 9.98 Å². The van der Waals surface area contributed by atoms with Crippen molar-refractivity contribution in [3.8, 4) is 0 Å². The molecular formula is C10H12BrN5O5. The molecule has 2 aromatic heterocycles. The molecule has 0 spiro atoms. The highest BCUT2D eigenvalue weighted by molar-refractivity contribution is 9.10. The van der Waals surface area contributed by atoms with E-state index >= 15 is 0 Å². The summed E-state index contributed by atoms with van der Waals surface area (Å²) in [7, 11) is 0. The number of fused-ring (bicyclic) bond motifs is 1. The van der Waals surface area contributed by atoms with Crippen LogP contribution in [0.15, 0.2) is 11.1 Å². The van der Waals surface area contributed by atoms with E-state index in [9.17, 15) is 15.4 Å². The van der Waals surface area contributed by atoms with Crippen LogP contribution in [0.5, 0.6) is 0 Å². The van der Waals surface area contributed by atoms with Crippen molar-refractivity contribution < 1.29 is 25.3 Å². The fourth-order valence-electron chi connectivity index (χ4n) is 2.27. The SMILES string of the molecule is N=c1c2nc(Br)n(C3OC(CO)C(O)C3O)c2ncn1O. The Kier molecular flexibility index (Phi) is 3.45. The molecule has 1 aliphatic rings. The number of ether oxygens (including phenoxy) is 1. The molecule has 0 aliphatic carbocycles. The van der Waals surface area contributed by atoms with Crippen LogP contribution in [-0.4, -0.2) is 64.7 Å². The molecule has 2 aromatic rings. The Morgan fingerprint density at radius 1 is 1.38 bits per heavy atom. The van der Waals surface area contributed by atoms with Gasteiger partial charge in [-0.25, -0.2) is 9.97 Å². The van der Waals surface area contributed by atoms with Crippen molar-refractivity contribution in [1.29, 1.82) is 5.41 Å². The molecule has 4 atom stereocenters. The van der Waals surface area contributed by atoms with E-state index in [2.05, 4.69) is 25.9 Å². The van der Waals surface area contributed by atoms with Crippen LogP contribution < -0.4 is 5.49 Å². The van der Waals surface area contributed by atoms with E-state index < -0.39 is 31.1 Å². The normalized spacial score (nSPS) is 29.3. The van der Waals surface area contributed by atoms with Crippen LogP contribution >= 0.6 is 15.9 Å². The summed E-state index contributed by atoms with van der Waals surface area (Å²) in [4.78, 5) is 7.99. The molecule has 0 bridgehead atoms. The molecule has 5 N–H and O–H groups in total. The monoisotopic (exact) mass is 361 g/mol. The molecule has 114 valence electrons. The largest absolute Gasteiger partial charge is 0.425 e. The van der Waals surface area contributed by atoms with Gasteiger partial charge in [0.2, 0.25) is 0 Å². The van der Waals surface area contributed by atoms with E-state index in [1.807, 2.05) is 0 Å². The zero-order valence-corrected chi connectivity index (χ0v) is 12.0. The summed E-state index contributed by atoms with van der Waals surface area (Å²) in [5.41, 5.74) is -0.0113. The highest BCUT2D eigenvalue weighted by atomic mass is 79.9. The third-order valence-electron chi connectivity index (χ3n) is 3.36. The van der Waals surface area contributed by atoms with Gasteiger partial charge in [0.25, 0.3) is 0 Å². The van der Waals surface area contributed by atoms with Crippen molar-refractivity contribution in [2.75, 3.05) is 6.61 Å². The fraction of sp³-hybridized carbons (Fsp3) is 0.500. The summed E-state index contributed by atoms with van der Waals surface area (Å²) in [6, 6.07) is 0. The van der Waals surface area contributed by atoms with Gasteiger partial charge in [0.1, 0.15) is 24.6 Å². The number of hydrogen-bond acceptors (Lipinski definition) is 8. The smallest absolute Gasteiger partial charge is 0.192 e. The lowest BCUT2D eigenvalue weighted by Crippen LogP contribution is -2.33. The summed E-state index contributed by atoms with van der Waals surface area (Å²) in [5.74, 6) is 0. The van der Waals surface area contributed by atoms with Crippen LogP contribution in [0.2, 0.25) is 0 Å². The zero-order valence-electron chi connectivity index (χ0n) is 10.5. The maximum absolute atomic E-state index is 10.1. The van der Waals surface area contributed by atoms with Crippen LogP contribution in [0.1, 0.15) is 6.23 Å². The zero-order chi connectivity index (χ0) is 15.3. The summed E-state index contributed by atoms with van der Waals surface area (Å²) in [5, 5.41) is 46.1. The maximum atomic E-state index is 10.1. The average molecular weight is 362 g/mol. The molecule has 1 aliphatic heterocycles. The first-order valence-corrected chi connectivity index (χ1v) is 6.76. The highest BCUT2D eigenvalue weighted by Crippen LogP contribution is 2.33. The van der Waals surface area contributed by atoms with Crippen LogP contribution in [0.4, 0.5) is 0 Å². The Morgan fingerprint density at radius 2 is 2.10 bits per heavy atom. The van der Waals surface area contributed by atoms with Crippen LogP contribution in [0, 0.1) is 5.41 Å². The third kappa shape index (κ3) is 2.05. The van der Waals surface area contributed by atoms with Crippen LogP contribution in [0.3, 0.4) is 0 Å². The Balaban J connectivity index is 2.16. The summed E-state index contributed by atoms with van der Waals surface area (Å²) >= 11 is 3.17. The first-order chi connectivity index (χ1) is 9.95. The number of aliphatic hydroxyl groups excluding tert-OH is 3. The fourth-order valence-corrected chi connectivity index (χ4v) is 2.82. The van der Waals surface area contributed by atoms with E-state index in [4.69, 9.17) is 15.3 Å². The molecule has 21 heavy (non-hydrogen) atoms. The van der Waals surface area contributed by atoms with Crippen molar-refractivity contribution in [3.63, 3.8) is 0 Å². The van der Waals surface area contributed by atoms with E-state index in [0.29, 0.717) is 4.73 Å². The van der Waals surface area contributed by atoms with Gasteiger partial charge in [0.05, 0.1) is 6.61 Å². The number of aliphatic hydroxyl groups is 3. The molecule has 1 saturated heterocycles. The second kappa shape index (κ2) is 5.03. The molecule has 0 radical (unpaired) electrons. The first-order valence-electron chi connectivity index (χ1n) is 5.97. The van der Waals surface area contributed by atoms with Crippen LogP contribution in [-0.2, 0) is 4.74 Å². The lowest BCUT2D eigenvalue weighted by molar-refractivity contribution is -0.0521. The van der Waals surface area contributed by atoms with Crippen molar-refractivity contribution in [2.45, 2.75) is 24.5 Å². The number of nitrogens with one attached hydrogen (secondary N) is 1. The average Bonchev–Trinajstić information content (AvgIpc) is 2.93. The number of halogens is 1. The molecule has 10 nitrogen and oxygen atoms in total. The molecule has 3 heterocycles. The summed E-state index contributed by atoms with van der Waals surface area (Å²) in [6.45, 7) is -0.452. The molecule has 0 saturated carbocycles. The predicted molar refractivity (Wildman–Crippen MR) is 69.3 cm³/mol. The molecule has 1 fully saturated rings. The molecule has 11 heteroatoms. The van der Waals surface area contributed by atoms with Gasteiger partial charge in [0, 0.05) is 0 Å². The highest BCUT2D eigenvalue weighted by Gasteiger charge is 2.44. The minimum absolute atomic E-state index is 0.0876. The molecule has 0 amide bonds. The second-order valence-corrected chi connectivity index (χ2v) is 5.30. The molecule has 3 rings (SSSR count). The topological polar surface area (TPSA) is 150 Å². The number of hydrogen-bond donors (Lipinski definition) is 5. The maximum Gasteiger partial charge on any atom is 0.192 e. The van der Waals surface area contributed by atoms with Crippen molar-refractivity contribution in [2.24, 2.45) is 0 Å². The summed E-state index contributed by atoms with van der Waals surface area (Å²) < 4.78 is 7.47. The molecule has 0 aromatic carbocycles. The minimum Gasteiger partial charge on any atom is -0.425 e. The van der Waals surface area contributed by atoms with Crippen molar-refractivity contribution in [3.05, 3.63) is 16.5 Å². The second-order valence-electron chi connectivity index (χ2n) is 4.59. The van der Waals surface area contributed by atoms with Gasteiger partial charge >= 0.3 is 0 Å². The van der Waals surface area contributed by atoms with Gasteiger partial charge in [-0.15, -0.1) is 0 Å². The Labute approximate surface area is 125 Å². The Hall–Kier alpha value is -1.53. The quantitative estimate of drug-likeness (QED) is 0.316. The first kappa shape index (κ1) is 14.4. The number of rotatable bonds is 2. The van der Waals surface area contributed by atoms with Gasteiger partial charge < -0.3 is 25.3 Å².